The summed E-state index contributed by atoms with van der Waals surface area (Å²) < 4.78 is 5.77. The molecule has 1 aliphatic rings. The van der Waals surface area contributed by atoms with Crippen LogP contribution in [-0.2, 0) is 22.5 Å². The maximum absolute atomic E-state index is 12.2. The number of ether oxygens (including phenoxy) is 1. The zero-order chi connectivity index (χ0) is 17.5. The number of hydrogen-bond donors (Lipinski definition) is 2. The summed E-state index contributed by atoms with van der Waals surface area (Å²) >= 11 is 0. The van der Waals surface area contributed by atoms with Crippen molar-refractivity contribution in [2.75, 3.05) is 26.2 Å². The van der Waals surface area contributed by atoms with Crippen molar-refractivity contribution in [2.45, 2.75) is 32.4 Å². The molecule has 0 aromatic carbocycles. The molecule has 2 N–H and O–H groups in total. The van der Waals surface area contributed by atoms with E-state index in [1.165, 1.54) is 0 Å². The molecular weight excluding hydrogens is 320 g/mol. The maximum atomic E-state index is 12.2. The Morgan fingerprint density at radius 2 is 2.40 bits per heavy atom. The van der Waals surface area contributed by atoms with Gasteiger partial charge in [-0.05, 0) is 18.6 Å². The number of aromatic nitrogens is 4. The molecule has 1 amide bonds. The van der Waals surface area contributed by atoms with Gasteiger partial charge in [0.15, 0.2) is 5.82 Å². The number of carbonyl (C=O) groups excluding carboxylic acids is 1. The third-order valence-corrected chi connectivity index (χ3v) is 4.03. The van der Waals surface area contributed by atoms with Crippen molar-refractivity contribution in [3.8, 4) is 0 Å². The van der Waals surface area contributed by atoms with Crippen molar-refractivity contribution in [1.29, 1.82) is 0 Å². The highest BCUT2D eigenvalue weighted by Crippen LogP contribution is 2.19. The second-order valence-electron chi connectivity index (χ2n) is 6.08. The van der Waals surface area contributed by atoms with Crippen LogP contribution in [0.25, 0.3) is 0 Å². The number of pyridine rings is 1. The molecule has 1 fully saturated rings. The van der Waals surface area contributed by atoms with Crippen molar-refractivity contribution >= 4 is 5.91 Å². The fourth-order valence-corrected chi connectivity index (χ4v) is 2.76. The molecular formula is C17H24N6O2. The maximum Gasteiger partial charge on any atom is 0.234 e. The first-order chi connectivity index (χ1) is 12.2. The molecule has 0 bridgehead atoms. The Morgan fingerprint density at radius 3 is 3.20 bits per heavy atom. The molecule has 2 aromatic heterocycles. The first-order valence-electron chi connectivity index (χ1n) is 8.66. The molecule has 0 unspecified atom stereocenters. The quantitative estimate of drug-likeness (QED) is 0.773. The minimum absolute atomic E-state index is 0.0204. The summed E-state index contributed by atoms with van der Waals surface area (Å²) in [4.78, 5) is 22.9. The largest absolute Gasteiger partial charge is 0.367 e. The van der Waals surface area contributed by atoms with Crippen molar-refractivity contribution < 1.29 is 9.53 Å². The molecule has 0 spiro atoms. The van der Waals surface area contributed by atoms with Crippen LogP contribution in [0.5, 0.6) is 0 Å². The fourth-order valence-electron chi connectivity index (χ4n) is 2.76. The molecule has 134 valence electrons. The first kappa shape index (κ1) is 17.5. The molecule has 25 heavy (non-hydrogen) atoms. The van der Waals surface area contributed by atoms with Gasteiger partial charge in [-0.25, -0.2) is 4.98 Å². The average molecular weight is 344 g/mol. The molecule has 1 saturated heterocycles. The zero-order valence-electron chi connectivity index (χ0n) is 14.4. The number of nitrogens with one attached hydrogen (secondary N) is 2. The third kappa shape index (κ3) is 5.07. The SMILES string of the molecule is CCCc1nc([C@H]2CN(CC(=O)NCc3ccccn3)CCO2)n[nH]1. The number of hydrogen-bond acceptors (Lipinski definition) is 6. The van der Waals surface area contributed by atoms with Crippen LogP contribution in [0.4, 0.5) is 0 Å². The van der Waals surface area contributed by atoms with Crippen LogP contribution in [-0.4, -0.2) is 57.2 Å². The number of H-pyrrole nitrogens is 1. The van der Waals surface area contributed by atoms with E-state index in [4.69, 9.17) is 4.74 Å². The Balaban J connectivity index is 1.48. The molecule has 3 heterocycles. The second kappa shape index (κ2) is 8.68. The average Bonchev–Trinajstić information content (AvgIpc) is 3.10. The predicted octanol–water partition coefficient (Wildman–Crippen LogP) is 0.842. The van der Waals surface area contributed by atoms with Gasteiger partial charge in [0.1, 0.15) is 11.9 Å². The summed E-state index contributed by atoms with van der Waals surface area (Å²) in [6.45, 7) is 4.77. The smallest absolute Gasteiger partial charge is 0.234 e. The summed E-state index contributed by atoms with van der Waals surface area (Å²) in [6.07, 6.45) is 3.42. The van der Waals surface area contributed by atoms with Crippen LogP contribution >= 0.6 is 0 Å². The monoisotopic (exact) mass is 344 g/mol. The van der Waals surface area contributed by atoms with Gasteiger partial charge in [-0.1, -0.05) is 13.0 Å². The number of aromatic amines is 1. The van der Waals surface area contributed by atoms with Crippen molar-refractivity contribution in [1.82, 2.24) is 30.4 Å². The van der Waals surface area contributed by atoms with Crippen LogP contribution in [0.15, 0.2) is 24.4 Å². The Hall–Kier alpha value is -2.32. The van der Waals surface area contributed by atoms with Gasteiger partial charge in [-0.15, -0.1) is 0 Å². The molecule has 1 aliphatic heterocycles. The van der Waals surface area contributed by atoms with E-state index in [0.29, 0.717) is 32.1 Å². The normalized spacial score (nSPS) is 18.2. The number of rotatable bonds is 7. The van der Waals surface area contributed by atoms with Crippen LogP contribution in [0.1, 0.15) is 36.8 Å². The van der Waals surface area contributed by atoms with Gasteiger partial charge >= 0.3 is 0 Å². The second-order valence-corrected chi connectivity index (χ2v) is 6.08. The molecule has 0 radical (unpaired) electrons. The summed E-state index contributed by atoms with van der Waals surface area (Å²) in [7, 11) is 0. The number of amides is 1. The highest BCUT2D eigenvalue weighted by Gasteiger charge is 2.26. The molecule has 1 atom stereocenters. The van der Waals surface area contributed by atoms with Gasteiger partial charge in [0, 0.05) is 25.7 Å². The molecule has 8 nitrogen and oxygen atoms in total. The van der Waals surface area contributed by atoms with Crippen LogP contribution in [0.2, 0.25) is 0 Å². The lowest BCUT2D eigenvalue weighted by atomic mass is 10.2. The van der Waals surface area contributed by atoms with E-state index < -0.39 is 0 Å². The van der Waals surface area contributed by atoms with Crippen LogP contribution in [0.3, 0.4) is 0 Å². The number of morpholine rings is 1. The van der Waals surface area contributed by atoms with Crippen molar-refractivity contribution in [2.24, 2.45) is 0 Å². The van der Waals surface area contributed by atoms with E-state index in [-0.39, 0.29) is 12.0 Å². The number of carbonyl (C=O) groups is 1. The van der Waals surface area contributed by atoms with E-state index in [0.717, 1.165) is 30.9 Å². The van der Waals surface area contributed by atoms with Gasteiger partial charge in [0.25, 0.3) is 0 Å². The minimum Gasteiger partial charge on any atom is -0.367 e. The van der Waals surface area contributed by atoms with E-state index in [9.17, 15) is 4.79 Å². The van der Waals surface area contributed by atoms with Crippen LogP contribution in [0, 0.1) is 0 Å². The highest BCUT2D eigenvalue weighted by atomic mass is 16.5. The lowest BCUT2D eigenvalue weighted by Crippen LogP contribution is -2.44. The van der Waals surface area contributed by atoms with Crippen molar-refractivity contribution in [3.05, 3.63) is 41.7 Å². The molecule has 8 heteroatoms. The lowest BCUT2D eigenvalue weighted by molar-refractivity contribution is -0.124. The molecule has 2 aromatic rings. The Labute approximate surface area is 147 Å². The topological polar surface area (TPSA) is 96.0 Å². The Morgan fingerprint density at radius 1 is 1.48 bits per heavy atom. The van der Waals surface area contributed by atoms with Crippen molar-refractivity contribution in [3.63, 3.8) is 0 Å². The zero-order valence-corrected chi connectivity index (χ0v) is 14.4. The summed E-state index contributed by atoms with van der Waals surface area (Å²) in [6, 6.07) is 5.65. The number of aryl methyl sites for hydroxylation is 1. The van der Waals surface area contributed by atoms with Gasteiger partial charge in [-0.3, -0.25) is 19.8 Å². The van der Waals surface area contributed by atoms with E-state index in [1.54, 1.807) is 6.20 Å². The first-order valence-corrected chi connectivity index (χ1v) is 8.66. The summed E-state index contributed by atoms with van der Waals surface area (Å²) in [5.41, 5.74) is 0.847. The van der Waals surface area contributed by atoms with E-state index >= 15 is 0 Å². The van der Waals surface area contributed by atoms with E-state index in [2.05, 4.69) is 37.3 Å². The minimum atomic E-state index is -0.195. The molecule has 0 aliphatic carbocycles. The lowest BCUT2D eigenvalue weighted by Gasteiger charge is -2.30. The Kier molecular flexibility index (Phi) is 6.08. The highest BCUT2D eigenvalue weighted by molar-refractivity contribution is 5.77. The van der Waals surface area contributed by atoms with Gasteiger partial charge in [0.2, 0.25) is 5.91 Å². The van der Waals surface area contributed by atoms with Gasteiger partial charge in [-0.2, -0.15) is 5.10 Å². The van der Waals surface area contributed by atoms with Gasteiger partial charge in [0.05, 0.1) is 25.4 Å². The van der Waals surface area contributed by atoms with Gasteiger partial charge < -0.3 is 10.1 Å². The van der Waals surface area contributed by atoms with E-state index in [1.807, 2.05) is 18.2 Å². The molecule has 0 saturated carbocycles. The summed E-state index contributed by atoms with van der Waals surface area (Å²) in [5.74, 6) is 1.53. The predicted molar refractivity (Wildman–Crippen MR) is 91.6 cm³/mol. The Bertz CT molecular complexity index is 675. The van der Waals surface area contributed by atoms with Crippen LogP contribution < -0.4 is 5.32 Å². The third-order valence-electron chi connectivity index (χ3n) is 4.03. The fraction of sp³-hybridized carbons (Fsp3) is 0.529. The standard InChI is InChI=1S/C17H24N6O2/c1-2-5-15-20-17(22-21-15)14-11-23(8-9-25-14)12-16(24)19-10-13-6-3-4-7-18-13/h3-4,6-7,14H,2,5,8-12H2,1H3,(H,19,24)(H,20,21,22)/t14-/m1/s1. The summed E-state index contributed by atoms with van der Waals surface area (Å²) in [5, 5.41) is 10.1. The number of nitrogens with zero attached hydrogens (tertiary/aromatic N) is 4. The molecule has 3 rings (SSSR count).